The summed E-state index contributed by atoms with van der Waals surface area (Å²) in [6.45, 7) is 5.41. The van der Waals surface area contributed by atoms with Gasteiger partial charge in [0.05, 0.1) is 6.61 Å². The molecule has 0 bridgehead atoms. The number of aromatic nitrogens is 2. The maximum Gasteiger partial charge on any atom is 0.139 e. The van der Waals surface area contributed by atoms with Gasteiger partial charge in [-0.05, 0) is 23.6 Å². The smallest absolute Gasteiger partial charge is 0.139 e. The number of rotatable bonds is 3. The van der Waals surface area contributed by atoms with Crippen molar-refractivity contribution in [3.63, 3.8) is 0 Å². The third-order valence-corrected chi connectivity index (χ3v) is 2.40. The van der Waals surface area contributed by atoms with Gasteiger partial charge < -0.3 is 9.67 Å². The quantitative estimate of drug-likeness (QED) is 0.832. The van der Waals surface area contributed by atoms with E-state index in [1.165, 1.54) is 0 Å². The summed E-state index contributed by atoms with van der Waals surface area (Å²) in [4.78, 5) is 4.37. The number of aliphatic hydroxyl groups is 1. The van der Waals surface area contributed by atoms with E-state index in [9.17, 15) is 0 Å². The van der Waals surface area contributed by atoms with Crippen molar-refractivity contribution < 1.29 is 5.11 Å². The minimum absolute atomic E-state index is 0.0539. The van der Waals surface area contributed by atoms with Crippen LogP contribution in [0, 0.1) is 5.92 Å². The summed E-state index contributed by atoms with van der Waals surface area (Å²) in [5.41, 5.74) is 1.87. The second-order valence-corrected chi connectivity index (χ2v) is 4.28. The average Bonchev–Trinajstić information content (AvgIpc) is 2.60. The lowest BCUT2D eigenvalue weighted by atomic mass is 10.2. The summed E-state index contributed by atoms with van der Waals surface area (Å²) in [5, 5.41) is 10.1. The number of nitrogens with zero attached hydrogens (tertiary/aromatic N) is 2. The first kappa shape index (κ1) is 10.2. The van der Waals surface area contributed by atoms with E-state index >= 15 is 0 Å². The Hall–Kier alpha value is -1.35. The first-order chi connectivity index (χ1) is 7.20. The van der Waals surface area contributed by atoms with E-state index in [4.69, 9.17) is 5.11 Å². The Kier molecular flexibility index (Phi) is 2.73. The summed E-state index contributed by atoms with van der Waals surface area (Å²) in [6, 6.07) is 4.03. The second kappa shape index (κ2) is 4.03. The molecule has 0 unspecified atom stereocenters. The molecule has 0 saturated heterocycles. The third kappa shape index (κ3) is 2.02. The van der Waals surface area contributed by atoms with Crippen molar-refractivity contribution in [1.82, 2.24) is 9.55 Å². The molecule has 0 spiro atoms. The number of hydrogen-bond donors (Lipinski definition) is 1. The van der Waals surface area contributed by atoms with E-state index in [0.717, 1.165) is 23.1 Å². The molecule has 0 aliphatic heterocycles. The fourth-order valence-electron chi connectivity index (χ4n) is 1.75. The highest BCUT2D eigenvalue weighted by molar-refractivity contribution is 5.76. The molecule has 0 aliphatic rings. The summed E-state index contributed by atoms with van der Waals surface area (Å²) < 4.78 is 2.15. The van der Waals surface area contributed by atoms with Gasteiger partial charge in [-0.1, -0.05) is 13.8 Å². The van der Waals surface area contributed by atoms with Crippen LogP contribution in [0.25, 0.3) is 11.0 Å². The van der Waals surface area contributed by atoms with Gasteiger partial charge in [-0.2, -0.15) is 0 Å². The molecule has 0 aliphatic carbocycles. The minimum Gasteiger partial charge on any atom is -0.392 e. The molecule has 15 heavy (non-hydrogen) atoms. The zero-order chi connectivity index (χ0) is 10.8. The second-order valence-electron chi connectivity index (χ2n) is 4.28. The maximum atomic E-state index is 9.00. The number of hydrogen-bond acceptors (Lipinski definition) is 2. The molecule has 0 amide bonds. The van der Waals surface area contributed by atoms with Gasteiger partial charge in [-0.25, -0.2) is 4.98 Å². The first-order valence-corrected chi connectivity index (χ1v) is 5.25. The molecule has 80 valence electrons. The minimum atomic E-state index is 0.0539. The fourth-order valence-corrected chi connectivity index (χ4v) is 1.75. The summed E-state index contributed by atoms with van der Waals surface area (Å²) in [5.74, 6) is 0.611. The van der Waals surface area contributed by atoms with Crippen LogP contribution in [0.4, 0.5) is 0 Å². The summed E-state index contributed by atoms with van der Waals surface area (Å²) in [7, 11) is 0. The SMILES string of the molecule is CC(C)Cn1ccc2cc(CO)cnc21. The summed E-state index contributed by atoms with van der Waals surface area (Å²) >= 11 is 0. The Morgan fingerprint density at radius 1 is 1.47 bits per heavy atom. The van der Waals surface area contributed by atoms with Crippen LogP contribution in [0.5, 0.6) is 0 Å². The van der Waals surface area contributed by atoms with E-state index in [-0.39, 0.29) is 6.61 Å². The predicted octanol–water partition coefficient (Wildman–Crippen LogP) is 2.18. The highest BCUT2D eigenvalue weighted by Crippen LogP contribution is 2.16. The molecule has 2 aromatic rings. The van der Waals surface area contributed by atoms with E-state index in [2.05, 4.69) is 29.6 Å². The van der Waals surface area contributed by atoms with Gasteiger partial charge in [0.1, 0.15) is 5.65 Å². The molecule has 2 heterocycles. The van der Waals surface area contributed by atoms with Gasteiger partial charge in [-0.15, -0.1) is 0 Å². The van der Waals surface area contributed by atoms with E-state index in [0.29, 0.717) is 5.92 Å². The Labute approximate surface area is 89.4 Å². The third-order valence-electron chi connectivity index (χ3n) is 2.40. The van der Waals surface area contributed by atoms with Crippen molar-refractivity contribution in [1.29, 1.82) is 0 Å². The lowest BCUT2D eigenvalue weighted by Gasteiger charge is -2.07. The van der Waals surface area contributed by atoms with Crippen molar-refractivity contribution in [3.05, 3.63) is 30.1 Å². The molecule has 2 rings (SSSR count). The van der Waals surface area contributed by atoms with Gasteiger partial charge in [0.2, 0.25) is 0 Å². The summed E-state index contributed by atoms with van der Waals surface area (Å²) in [6.07, 6.45) is 3.79. The molecular weight excluding hydrogens is 188 g/mol. The Morgan fingerprint density at radius 3 is 2.93 bits per heavy atom. The zero-order valence-electron chi connectivity index (χ0n) is 9.14. The molecule has 1 N–H and O–H groups in total. The lowest BCUT2D eigenvalue weighted by Crippen LogP contribution is -2.03. The van der Waals surface area contributed by atoms with Crippen molar-refractivity contribution in [3.8, 4) is 0 Å². The number of aliphatic hydroxyl groups excluding tert-OH is 1. The normalized spacial score (nSPS) is 11.5. The standard InChI is InChI=1S/C12H16N2O/c1-9(2)7-14-4-3-11-5-10(8-15)6-13-12(11)14/h3-6,9,15H,7-8H2,1-2H3. The van der Waals surface area contributed by atoms with Gasteiger partial charge in [0.15, 0.2) is 0 Å². The molecule has 3 nitrogen and oxygen atoms in total. The molecule has 0 atom stereocenters. The number of fused-ring (bicyclic) bond motifs is 1. The van der Waals surface area contributed by atoms with Crippen LogP contribution in [-0.4, -0.2) is 14.7 Å². The Bertz CT molecular complexity index is 460. The van der Waals surface area contributed by atoms with Crippen LogP contribution < -0.4 is 0 Å². The number of pyridine rings is 1. The predicted molar refractivity (Wildman–Crippen MR) is 60.5 cm³/mol. The monoisotopic (exact) mass is 204 g/mol. The largest absolute Gasteiger partial charge is 0.392 e. The van der Waals surface area contributed by atoms with E-state index in [1.807, 2.05) is 12.1 Å². The van der Waals surface area contributed by atoms with Gasteiger partial charge in [0, 0.05) is 24.3 Å². The Balaban J connectivity index is 2.43. The van der Waals surface area contributed by atoms with Gasteiger partial charge >= 0.3 is 0 Å². The molecule has 2 aromatic heterocycles. The Morgan fingerprint density at radius 2 is 2.27 bits per heavy atom. The first-order valence-electron chi connectivity index (χ1n) is 5.25. The van der Waals surface area contributed by atoms with Gasteiger partial charge in [-0.3, -0.25) is 0 Å². The van der Waals surface area contributed by atoms with Crippen molar-refractivity contribution >= 4 is 11.0 Å². The van der Waals surface area contributed by atoms with Crippen LogP contribution in [0.2, 0.25) is 0 Å². The van der Waals surface area contributed by atoms with E-state index in [1.54, 1.807) is 6.20 Å². The van der Waals surface area contributed by atoms with Gasteiger partial charge in [0.25, 0.3) is 0 Å². The molecule has 0 radical (unpaired) electrons. The molecular formula is C12H16N2O. The maximum absolute atomic E-state index is 9.00. The van der Waals surface area contributed by atoms with Crippen LogP contribution in [0.15, 0.2) is 24.5 Å². The van der Waals surface area contributed by atoms with Crippen LogP contribution in [-0.2, 0) is 13.2 Å². The molecule has 3 heteroatoms. The zero-order valence-corrected chi connectivity index (χ0v) is 9.14. The lowest BCUT2D eigenvalue weighted by molar-refractivity contribution is 0.281. The molecule has 0 fully saturated rings. The fraction of sp³-hybridized carbons (Fsp3) is 0.417. The van der Waals surface area contributed by atoms with Crippen molar-refractivity contribution in [2.75, 3.05) is 0 Å². The van der Waals surface area contributed by atoms with Crippen molar-refractivity contribution in [2.45, 2.75) is 27.0 Å². The van der Waals surface area contributed by atoms with Crippen LogP contribution >= 0.6 is 0 Å². The average molecular weight is 204 g/mol. The molecule has 0 aromatic carbocycles. The molecule has 0 saturated carbocycles. The topological polar surface area (TPSA) is 38.0 Å². The van der Waals surface area contributed by atoms with Crippen LogP contribution in [0.1, 0.15) is 19.4 Å². The van der Waals surface area contributed by atoms with E-state index < -0.39 is 0 Å². The van der Waals surface area contributed by atoms with Crippen molar-refractivity contribution in [2.24, 2.45) is 5.92 Å². The highest BCUT2D eigenvalue weighted by Gasteiger charge is 2.04. The van der Waals surface area contributed by atoms with Crippen LogP contribution in [0.3, 0.4) is 0 Å². The highest BCUT2D eigenvalue weighted by atomic mass is 16.3.